The third kappa shape index (κ3) is 6.58. The van der Waals surface area contributed by atoms with Crippen molar-refractivity contribution in [3.8, 4) is 0 Å². The van der Waals surface area contributed by atoms with E-state index in [2.05, 4.69) is 34.4 Å². The monoisotopic (exact) mass is 484 g/mol. The molecule has 0 radical (unpaired) electrons. The zero-order valence-electron chi connectivity index (χ0n) is 14.5. The van der Waals surface area contributed by atoms with Gasteiger partial charge in [-0.15, -0.1) is 24.0 Å². The number of halogens is 3. The highest BCUT2D eigenvalue weighted by molar-refractivity contribution is 14.0. The average molecular weight is 485 g/mol. The molecule has 0 atom stereocenters. The molecule has 2 rings (SSSR count). The van der Waals surface area contributed by atoms with Crippen LogP contribution in [0.2, 0.25) is 10.0 Å². The van der Waals surface area contributed by atoms with E-state index in [1.165, 1.54) is 0 Å². The smallest absolute Gasteiger partial charge is 0.191 e. The summed E-state index contributed by atoms with van der Waals surface area (Å²) in [6.45, 7) is 7.40. The van der Waals surface area contributed by atoms with E-state index in [1.54, 1.807) is 13.1 Å². The summed E-state index contributed by atoms with van der Waals surface area (Å²) in [5.41, 5.74) is 1.01. The quantitative estimate of drug-likeness (QED) is 0.383. The van der Waals surface area contributed by atoms with E-state index >= 15 is 0 Å². The second kappa shape index (κ2) is 10.7. The van der Waals surface area contributed by atoms with Gasteiger partial charge in [0.05, 0.1) is 0 Å². The first-order chi connectivity index (χ1) is 11.0. The number of piperidine rings is 1. The molecule has 1 heterocycles. The molecule has 0 aromatic heterocycles. The van der Waals surface area contributed by atoms with Gasteiger partial charge in [0.15, 0.2) is 5.96 Å². The Bertz CT molecular complexity index is 543. The van der Waals surface area contributed by atoms with Gasteiger partial charge < -0.3 is 15.5 Å². The fourth-order valence-electron chi connectivity index (χ4n) is 2.79. The topological polar surface area (TPSA) is 39.7 Å². The highest BCUT2D eigenvalue weighted by atomic mass is 127. The molecule has 0 unspecified atom stereocenters. The first-order valence-corrected chi connectivity index (χ1v) is 8.90. The summed E-state index contributed by atoms with van der Waals surface area (Å²) in [5, 5.41) is 8.16. The van der Waals surface area contributed by atoms with Gasteiger partial charge in [0.1, 0.15) is 0 Å². The van der Waals surface area contributed by atoms with Crippen molar-refractivity contribution in [2.24, 2.45) is 4.99 Å². The predicted octanol–water partition coefficient (Wildman–Crippen LogP) is 4.15. The van der Waals surface area contributed by atoms with E-state index in [1.807, 2.05) is 12.1 Å². The minimum Gasteiger partial charge on any atom is -0.354 e. The van der Waals surface area contributed by atoms with Gasteiger partial charge in [-0.25, -0.2) is 0 Å². The van der Waals surface area contributed by atoms with Gasteiger partial charge in [-0.3, -0.25) is 4.99 Å². The van der Waals surface area contributed by atoms with Crippen molar-refractivity contribution < 1.29 is 0 Å². The normalized spacial score (nSPS) is 16.8. The molecule has 0 aliphatic carbocycles. The van der Waals surface area contributed by atoms with Crippen LogP contribution in [0.4, 0.5) is 0 Å². The van der Waals surface area contributed by atoms with E-state index in [0.717, 1.165) is 37.5 Å². The summed E-state index contributed by atoms with van der Waals surface area (Å²) in [4.78, 5) is 6.83. The molecule has 2 N–H and O–H groups in total. The van der Waals surface area contributed by atoms with Gasteiger partial charge in [-0.2, -0.15) is 0 Å². The zero-order chi connectivity index (χ0) is 16.8. The Kier molecular flexibility index (Phi) is 9.71. The van der Waals surface area contributed by atoms with Gasteiger partial charge in [0.25, 0.3) is 0 Å². The van der Waals surface area contributed by atoms with Crippen molar-refractivity contribution in [1.29, 1.82) is 0 Å². The number of nitrogens with zero attached hydrogens (tertiary/aromatic N) is 2. The molecule has 1 aromatic rings. The maximum absolute atomic E-state index is 6.20. The van der Waals surface area contributed by atoms with Crippen molar-refractivity contribution in [3.05, 3.63) is 33.8 Å². The second-order valence-corrected chi connectivity index (χ2v) is 7.05. The fourth-order valence-corrected chi connectivity index (χ4v) is 3.27. The number of rotatable bonds is 4. The lowest BCUT2D eigenvalue weighted by molar-refractivity contribution is 0.167. The van der Waals surface area contributed by atoms with Crippen molar-refractivity contribution >= 4 is 53.1 Å². The largest absolute Gasteiger partial charge is 0.354 e. The van der Waals surface area contributed by atoms with Crippen LogP contribution in [-0.2, 0) is 6.54 Å². The van der Waals surface area contributed by atoms with Crippen LogP contribution in [0.1, 0.15) is 32.3 Å². The number of nitrogens with one attached hydrogen (secondary N) is 2. The van der Waals surface area contributed by atoms with Crippen molar-refractivity contribution in [2.45, 2.75) is 45.3 Å². The molecule has 0 saturated carbocycles. The number of likely N-dealkylation sites (tertiary alicyclic amines) is 1. The minimum absolute atomic E-state index is 0. The van der Waals surface area contributed by atoms with Crippen molar-refractivity contribution in [1.82, 2.24) is 15.5 Å². The lowest BCUT2D eigenvalue weighted by atomic mass is 10.0. The van der Waals surface area contributed by atoms with Gasteiger partial charge in [-0.1, -0.05) is 29.3 Å². The Morgan fingerprint density at radius 1 is 1.29 bits per heavy atom. The first-order valence-electron chi connectivity index (χ1n) is 8.14. The van der Waals surface area contributed by atoms with Gasteiger partial charge in [0.2, 0.25) is 0 Å². The van der Waals surface area contributed by atoms with E-state index in [-0.39, 0.29) is 24.0 Å². The Labute approximate surface area is 172 Å². The maximum atomic E-state index is 6.20. The number of aliphatic imine (C=N–C) groups is 1. The molecular weight excluding hydrogens is 458 g/mol. The molecule has 0 spiro atoms. The third-order valence-electron chi connectivity index (χ3n) is 4.29. The molecule has 136 valence electrons. The average Bonchev–Trinajstić information content (AvgIpc) is 2.53. The van der Waals surface area contributed by atoms with Crippen LogP contribution in [0.3, 0.4) is 0 Å². The highest BCUT2D eigenvalue weighted by Crippen LogP contribution is 2.20. The highest BCUT2D eigenvalue weighted by Gasteiger charge is 2.21. The SMILES string of the molecule is CN=C(NCc1ccc(Cl)cc1Cl)NC1CCN(C(C)C)CC1.I. The summed E-state index contributed by atoms with van der Waals surface area (Å²) < 4.78 is 0. The van der Waals surface area contributed by atoms with Crippen LogP contribution in [0, 0.1) is 0 Å². The van der Waals surface area contributed by atoms with Crippen molar-refractivity contribution in [2.75, 3.05) is 20.1 Å². The third-order valence-corrected chi connectivity index (χ3v) is 4.87. The van der Waals surface area contributed by atoms with Crippen LogP contribution in [0.15, 0.2) is 23.2 Å². The van der Waals surface area contributed by atoms with Crippen LogP contribution in [0.5, 0.6) is 0 Å². The predicted molar refractivity (Wildman–Crippen MR) is 115 cm³/mol. The molecule has 1 aliphatic heterocycles. The Morgan fingerprint density at radius 2 is 1.96 bits per heavy atom. The molecule has 24 heavy (non-hydrogen) atoms. The summed E-state index contributed by atoms with van der Waals surface area (Å²) >= 11 is 12.1. The minimum atomic E-state index is 0. The molecular formula is C17H27Cl2IN4. The first kappa shape index (κ1) is 21.8. The van der Waals surface area contributed by atoms with E-state index < -0.39 is 0 Å². The summed E-state index contributed by atoms with van der Waals surface area (Å²) in [7, 11) is 1.79. The zero-order valence-corrected chi connectivity index (χ0v) is 18.3. The number of guanidine groups is 1. The molecule has 0 amide bonds. The molecule has 1 aromatic carbocycles. The maximum Gasteiger partial charge on any atom is 0.191 e. The van der Waals surface area contributed by atoms with Crippen LogP contribution >= 0.6 is 47.2 Å². The molecule has 1 fully saturated rings. The molecule has 4 nitrogen and oxygen atoms in total. The van der Waals surface area contributed by atoms with E-state index in [4.69, 9.17) is 23.2 Å². The summed E-state index contributed by atoms with van der Waals surface area (Å²) in [5.74, 6) is 0.819. The number of benzene rings is 1. The fraction of sp³-hybridized carbons (Fsp3) is 0.588. The van der Waals surface area contributed by atoms with Crippen molar-refractivity contribution in [3.63, 3.8) is 0 Å². The molecule has 1 saturated heterocycles. The number of hydrogen-bond donors (Lipinski definition) is 2. The molecule has 7 heteroatoms. The summed E-state index contributed by atoms with van der Waals surface area (Å²) in [6.07, 6.45) is 2.28. The van der Waals surface area contributed by atoms with Crippen LogP contribution < -0.4 is 10.6 Å². The van der Waals surface area contributed by atoms with Crippen LogP contribution in [0.25, 0.3) is 0 Å². The lowest BCUT2D eigenvalue weighted by Gasteiger charge is -2.35. The standard InChI is InChI=1S/C17H26Cl2N4.HI/c1-12(2)23-8-6-15(7-9-23)22-17(20-3)21-11-13-4-5-14(18)10-16(13)19;/h4-5,10,12,15H,6-9,11H2,1-3H3,(H2,20,21,22);1H. The Hall–Kier alpha value is -0.240. The Balaban J connectivity index is 0.00000288. The molecule has 0 bridgehead atoms. The Morgan fingerprint density at radius 3 is 2.50 bits per heavy atom. The van der Waals surface area contributed by atoms with Gasteiger partial charge >= 0.3 is 0 Å². The molecule has 1 aliphatic rings. The summed E-state index contributed by atoms with van der Waals surface area (Å²) in [6, 6.07) is 6.64. The van der Waals surface area contributed by atoms with E-state index in [0.29, 0.717) is 28.7 Å². The van der Waals surface area contributed by atoms with Gasteiger partial charge in [-0.05, 0) is 44.4 Å². The van der Waals surface area contributed by atoms with Gasteiger partial charge in [0, 0.05) is 48.8 Å². The number of hydrogen-bond acceptors (Lipinski definition) is 2. The lowest BCUT2D eigenvalue weighted by Crippen LogP contribution is -2.49. The van der Waals surface area contributed by atoms with Crippen LogP contribution in [-0.4, -0.2) is 43.1 Å². The second-order valence-electron chi connectivity index (χ2n) is 6.21. The van der Waals surface area contributed by atoms with E-state index in [9.17, 15) is 0 Å².